The van der Waals surface area contributed by atoms with Crippen molar-refractivity contribution in [2.24, 2.45) is 23.7 Å². The van der Waals surface area contributed by atoms with Gasteiger partial charge in [0.05, 0.1) is 112 Å². The molecule has 5 aromatic rings. The van der Waals surface area contributed by atoms with Crippen LogP contribution in [-0.2, 0) is 103 Å². The minimum Gasteiger partial charge on any atom is -0.504 e. The van der Waals surface area contributed by atoms with E-state index in [2.05, 4.69) is 34.4 Å². The molecule has 0 bridgehead atoms. The fraction of sp³-hybridized carbons (Fsp3) is 0.458. The van der Waals surface area contributed by atoms with Gasteiger partial charge < -0.3 is 68.9 Å². The molecule has 0 unspecified atom stereocenters. The van der Waals surface area contributed by atoms with Gasteiger partial charge in [-0.15, -0.1) is 0 Å². The number of piperidine rings is 2. The lowest BCUT2D eigenvalue weighted by Gasteiger charge is -2.35. The van der Waals surface area contributed by atoms with Gasteiger partial charge in [-0.25, -0.2) is 9.59 Å². The lowest BCUT2D eigenvalue weighted by atomic mass is 9.91. The maximum atomic E-state index is 14.1. The van der Waals surface area contributed by atoms with Crippen LogP contribution in [0.25, 0.3) is 0 Å². The highest BCUT2D eigenvalue weighted by Gasteiger charge is 2.34. The Morgan fingerprint density at radius 1 is 0.500 bits per heavy atom. The highest BCUT2D eigenvalue weighted by Crippen LogP contribution is 2.36. The summed E-state index contributed by atoms with van der Waals surface area (Å²) in [7, 11) is 4.21. The highest BCUT2D eigenvalue weighted by atomic mass is 16.6. The molecule has 5 aromatic carbocycles. The van der Waals surface area contributed by atoms with Crippen molar-refractivity contribution in [3.05, 3.63) is 172 Å². The number of aliphatic hydroxyl groups is 2. The monoisotopic (exact) mass is 1520 g/mol. The number of nitrogens with zero attached hydrogens (tertiary/aromatic N) is 2. The zero-order valence-corrected chi connectivity index (χ0v) is 64.4. The number of Topliss-reactive ketones (excluding diaryl/α,β-unsaturated/α-hetero) is 2. The molecule has 110 heavy (non-hydrogen) atoms. The van der Waals surface area contributed by atoms with Gasteiger partial charge in [-0.2, -0.15) is 0 Å². The van der Waals surface area contributed by atoms with Crippen LogP contribution < -0.4 is 30.7 Å². The quantitative estimate of drug-likeness (QED) is 0.0110. The Hall–Kier alpha value is -10.9. The molecule has 2 aliphatic rings. The Labute approximate surface area is 642 Å². The Bertz CT molecular complexity index is 4010. The molecular weight excluding hydrogens is 1420 g/mol. The number of rotatable bonds is 37. The van der Waals surface area contributed by atoms with Crippen molar-refractivity contribution < 1.29 is 101 Å². The third kappa shape index (κ3) is 27.0. The second-order valence-electron chi connectivity index (χ2n) is 27.8. The number of nitrogens with one attached hydrogen (secondary N) is 4. The first-order chi connectivity index (χ1) is 52.6. The van der Waals surface area contributed by atoms with Crippen LogP contribution in [0.1, 0.15) is 153 Å². The Balaban J connectivity index is 0.000000352. The molecule has 2 aliphatic heterocycles. The van der Waals surface area contributed by atoms with Gasteiger partial charge in [0.1, 0.15) is 32.2 Å². The number of ether oxygens (including phenoxy) is 7. The molecule has 27 nitrogen and oxygen atoms in total. The number of amides is 6. The molecule has 2 heterocycles. The maximum Gasteiger partial charge on any atom is 0.411 e. The number of esters is 3. The molecule has 594 valence electrons. The lowest BCUT2D eigenvalue weighted by Crippen LogP contribution is -2.45. The number of aromatic hydroxyl groups is 1. The van der Waals surface area contributed by atoms with Gasteiger partial charge in [-0.1, -0.05) is 126 Å². The van der Waals surface area contributed by atoms with Crippen LogP contribution in [0.2, 0.25) is 0 Å². The SMILES string of the molecule is C=CCOC(=O)C[C@H](C(=O)N[C@@H](C)C(=O)Cc1ccc(COC(=O)Nc2cc(CCc3cccc(CC(=O)OC)c3)c(OC)cc2C(=O)N2CCCC[C@H]2CO)cc1)C(C)C.C=CCOC(=O)C[C@H](C(=O)N[C@@H](C)C(=O)Cc1ccc(COC(=O)Nc2cc(O)c(OC)cc2C(=O)N2CCCC[C@H]2CO)cc1)C(C)C. The van der Waals surface area contributed by atoms with Crippen LogP contribution in [0.4, 0.5) is 21.0 Å². The summed E-state index contributed by atoms with van der Waals surface area (Å²) in [6, 6.07) is 25.0. The minimum atomic E-state index is -0.867. The van der Waals surface area contributed by atoms with E-state index < -0.39 is 65.8 Å². The van der Waals surface area contributed by atoms with E-state index in [9.17, 15) is 68.1 Å². The van der Waals surface area contributed by atoms with E-state index in [4.69, 9.17) is 33.2 Å². The molecule has 7 rings (SSSR count). The van der Waals surface area contributed by atoms with Gasteiger partial charge >= 0.3 is 30.1 Å². The molecule has 0 radical (unpaired) electrons. The number of likely N-dealkylation sites (tertiary alicyclic amines) is 2. The molecule has 0 spiro atoms. The van der Waals surface area contributed by atoms with Gasteiger partial charge in [0.2, 0.25) is 11.8 Å². The first-order valence-electron chi connectivity index (χ1n) is 37.0. The smallest absolute Gasteiger partial charge is 0.411 e. The van der Waals surface area contributed by atoms with Gasteiger partial charge in [-0.3, -0.25) is 53.8 Å². The topological polar surface area (TPSA) is 368 Å². The van der Waals surface area contributed by atoms with Crippen molar-refractivity contribution >= 4 is 76.7 Å². The second-order valence-corrected chi connectivity index (χ2v) is 27.8. The summed E-state index contributed by atoms with van der Waals surface area (Å²) in [5.74, 6) is -4.79. The van der Waals surface area contributed by atoms with Gasteiger partial charge in [0.15, 0.2) is 23.1 Å². The predicted molar refractivity (Wildman–Crippen MR) is 410 cm³/mol. The first kappa shape index (κ1) is 88.0. The van der Waals surface area contributed by atoms with Crippen molar-refractivity contribution in [3.8, 4) is 17.2 Å². The van der Waals surface area contributed by atoms with E-state index in [1.165, 1.54) is 45.6 Å². The summed E-state index contributed by atoms with van der Waals surface area (Å²) in [4.78, 5) is 145. The average Bonchev–Trinajstić information content (AvgIpc) is 0.799. The van der Waals surface area contributed by atoms with E-state index in [1.807, 2.05) is 52.0 Å². The van der Waals surface area contributed by atoms with Crippen molar-refractivity contribution in [1.29, 1.82) is 0 Å². The third-order valence-corrected chi connectivity index (χ3v) is 19.1. The predicted octanol–water partition coefficient (Wildman–Crippen LogP) is 10.1. The third-order valence-electron chi connectivity index (χ3n) is 19.1. The number of benzene rings is 5. The summed E-state index contributed by atoms with van der Waals surface area (Å²) >= 11 is 0. The normalized spacial score (nSPS) is 15.0. The van der Waals surface area contributed by atoms with Crippen LogP contribution in [0.5, 0.6) is 17.2 Å². The van der Waals surface area contributed by atoms with Crippen molar-refractivity contribution in [2.75, 3.05) is 71.5 Å². The molecule has 6 amide bonds. The largest absolute Gasteiger partial charge is 0.504 e. The minimum absolute atomic E-state index is 0.0259. The molecule has 2 fully saturated rings. The molecule has 7 N–H and O–H groups in total. The number of carbonyl (C=O) groups is 11. The Morgan fingerprint density at radius 2 is 0.927 bits per heavy atom. The van der Waals surface area contributed by atoms with Gasteiger partial charge in [-0.05, 0) is 134 Å². The summed E-state index contributed by atoms with van der Waals surface area (Å²) in [6.07, 6.45) is 6.96. The van der Waals surface area contributed by atoms with Crippen LogP contribution in [-0.4, -0.2) is 175 Å². The number of phenolic OH excluding ortho intramolecular Hbond substituents is 1. The number of aryl methyl sites for hydroxylation is 2. The van der Waals surface area contributed by atoms with E-state index in [0.717, 1.165) is 42.4 Å². The first-order valence-corrected chi connectivity index (χ1v) is 37.0. The van der Waals surface area contributed by atoms with E-state index in [-0.39, 0.29) is 153 Å². The molecule has 0 aliphatic carbocycles. The van der Waals surface area contributed by atoms with E-state index in [1.54, 1.807) is 84.3 Å². The van der Waals surface area contributed by atoms with Crippen molar-refractivity contribution in [2.45, 2.75) is 162 Å². The fourth-order valence-electron chi connectivity index (χ4n) is 12.6. The molecule has 0 saturated carbocycles. The molecule has 6 atom stereocenters. The van der Waals surface area contributed by atoms with E-state index >= 15 is 0 Å². The molecule has 0 aromatic heterocycles. The number of ketones is 2. The van der Waals surface area contributed by atoms with Crippen LogP contribution >= 0.6 is 0 Å². The number of methoxy groups -OCH3 is 3. The van der Waals surface area contributed by atoms with Gasteiger partial charge in [0, 0.05) is 32.0 Å². The van der Waals surface area contributed by atoms with Crippen LogP contribution in [0.3, 0.4) is 0 Å². The van der Waals surface area contributed by atoms with E-state index in [0.29, 0.717) is 66.8 Å². The highest BCUT2D eigenvalue weighted by molar-refractivity contribution is 6.05. The second kappa shape index (κ2) is 44.5. The number of aliphatic hydroxyl groups excluding tert-OH is 2. The lowest BCUT2D eigenvalue weighted by molar-refractivity contribution is -0.147. The average molecular weight is 1520 g/mol. The van der Waals surface area contributed by atoms with Crippen LogP contribution in [0, 0.1) is 23.7 Å². The van der Waals surface area contributed by atoms with Gasteiger partial charge in [0.25, 0.3) is 11.8 Å². The number of hydrogen-bond donors (Lipinski definition) is 7. The van der Waals surface area contributed by atoms with Crippen molar-refractivity contribution in [3.63, 3.8) is 0 Å². The Morgan fingerprint density at radius 3 is 1.35 bits per heavy atom. The summed E-state index contributed by atoms with van der Waals surface area (Å²) in [5, 5.41) is 41.0. The molecule has 27 heteroatoms. The standard InChI is InChI=1S/C47H59N3O11.C36H47N3O10/c1-7-21-60-44(54)27-38(30(2)3)45(55)48-31(4)41(52)23-33-14-16-34(17-15-33)29-61-47(57)49-40-25-36(19-18-32-11-10-12-35(22-32)24-43(53)59-6)42(58-5)26-39(40)46(56)50-20-9-8-13-37(50)28-51;1-6-15-48-33(43)18-27(22(2)3)34(44)37-23(4)30(41)16-24-10-12-25(13-11-24)21-49-36(46)38-29-19-31(42)32(47-5)17-28(29)35(45)39-14-8-7-9-26(39)20-40/h7,10-12,14-17,22,25-26,30-31,37-38,51H,1,8-9,13,18-21,23-24,27-29H2,2-6H3,(H,48,55)(H,49,57);6,10-13,17,19,22-23,26-27,40,42H,1,7-9,14-16,18,20-21H2,2-5H3,(H,37,44)(H,38,46)/t31-,37-,38-;23-,26-,27-/m00/s1. The summed E-state index contributed by atoms with van der Waals surface area (Å²) in [5.41, 5.74) is 5.71. The molecule has 2 saturated heterocycles. The Kier molecular flexibility index (Phi) is 35.6. The summed E-state index contributed by atoms with van der Waals surface area (Å²) in [6.45, 7) is 17.9. The zero-order chi connectivity index (χ0) is 80.6. The fourth-order valence-corrected chi connectivity index (χ4v) is 12.6. The number of anilines is 2. The zero-order valence-electron chi connectivity index (χ0n) is 64.4. The maximum absolute atomic E-state index is 14.1. The van der Waals surface area contributed by atoms with Crippen LogP contribution in [0.15, 0.2) is 122 Å². The number of carbonyl (C=O) groups excluding carboxylic acids is 11. The number of hydrogen-bond acceptors (Lipinski definition) is 21. The summed E-state index contributed by atoms with van der Waals surface area (Å²) < 4.78 is 36.7. The molecular formula is C83H106N6O21. The van der Waals surface area contributed by atoms with Crippen molar-refractivity contribution in [1.82, 2.24) is 20.4 Å². The number of phenols is 1.